The summed E-state index contributed by atoms with van der Waals surface area (Å²) in [5.41, 5.74) is 2.28. The summed E-state index contributed by atoms with van der Waals surface area (Å²) < 4.78 is 5.49. The van der Waals surface area contributed by atoms with Crippen LogP contribution < -0.4 is 10.2 Å². The third-order valence-electron chi connectivity index (χ3n) is 3.69. The summed E-state index contributed by atoms with van der Waals surface area (Å²) in [5.74, 6) is 1.82. The largest absolute Gasteiger partial charge is 0.376 e. The van der Waals surface area contributed by atoms with E-state index in [1.165, 1.54) is 19.3 Å². The first-order valence-corrected chi connectivity index (χ1v) is 6.78. The highest BCUT2D eigenvalue weighted by Gasteiger charge is 2.21. The van der Waals surface area contributed by atoms with Gasteiger partial charge in [-0.15, -0.1) is 0 Å². The van der Waals surface area contributed by atoms with E-state index in [1.54, 1.807) is 0 Å². The van der Waals surface area contributed by atoms with Crippen molar-refractivity contribution in [3.8, 4) is 0 Å². The number of fused-ring (bicyclic) bond motifs is 1. The average molecular weight is 248 g/mol. The van der Waals surface area contributed by atoms with E-state index in [9.17, 15) is 0 Å². The summed E-state index contributed by atoms with van der Waals surface area (Å²) in [6, 6.07) is 0. The van der Waals surface area contributed by atoms with Crippen molar-refractivity contribution < 1.29 is 4.74 Å². The molecular formula is C13H20N4O. The van der Waals surface area contributed by atoms with Crippen molar-refractivity contribution in [2.24, 2.45) is 0 Å². The molecule has 18 heavy (non-hydrogen) atoms. The first kappa shape index (κ1) is 11.7. The normalized spacial score (nSPS) is 19.5. The minimum absolute atomic E-state index is 0.631. The van der Waals surface area contributed by atoms with Gasteiger partial charge in [0, 0.05) is 32.1 Å². The smallest absolute Gasteiger partial charge is 0.227 e. The molecular weight excluding hydrogens is 228 g/mol. The number of anilines is 2. The van der Waals surface area contributed by atoms with Crippen LogP contribution in [0.5, 0.6) is 0 Å². The van der Waals surface area contributed by atoms with Crippen LogP contribution in [0.3, 0.4) is 0 Å². The zero-order valence-electron chi connectivity index (χ0n) is 10.9. The fourth-order valence-electron chi connectivity index (χ4n) is 2.66. The molecule has 5 nitrogen and oxygen atoms in total. The lowest BCUT2D eigenvalue weighted by Crippen LogP contribution is -2.32. The molecule has 0 aliphatic carbocycles. The van der Waals surface area contributed by atoms with Crippen LogP contribution in [0.2, 0.25) is 0 Å². The Morgan fingerprint density at radius 1 is 1.17 bits per heavy atom. The van der Waals surface area contributed by atoms with Crippen LogP contribution >= 0.6 is 0 Å². The van der Waals surface area contributed by atoms with Gasteiger partial charge < -0.3 is 15.0 Å². The Labute approximate surface area is 108 Å². The van der Waals surface area contributed by atoms with Crippen molar-refractivity contribution in [3.63, 3.8) is 0 Å². The highest BCUT2D eigenvalue weighted by atomic mass is 16.5. The number of hydrogen-bond donors (Lipinski definition) is 1. The molecule has 2 aliphatic heterocycles. The molecule has 2 aliphatic rings. The van der Waals surface area contributed by atoms with E-state index in [2.05, 4.69) is 15.2 Å². The molecule has 3 heterocycles. The Bertz CT molecular complexity index is 412. The second-order valence-electron chi connectivity index (χ2n) is 4.90. The van der Waals surface area contributed by atoms with Crippen molar-refractivity contribution in [3.05, 3.63) is 11.3 Å². The van der Waals surface area contributed by atoms with E-state index >= 15 is 0 Å². The van der Waals surface area contributed by atoms with Gasteiger partial charge in [-0.05, 0) is 19.3 Å². The van der Waals surface area contributed by atoms with Crippen molar-refractivity contribution in [1.29, 1.82) is 0 Å². The van der Waals surface area contributed by atoms with E-state index in [-0.39, 0.29) is 0 Å². The topological polar surface area (TPSA) is 50.3 Å². The number of aromatic nitrogens is 2. The lowest BCUT2D eigenvalue weighted by molar-refractivity contribution is 0.109. The Balaban J connectivity index is 1.94. The third kappa shape index (κ3) is 2.14. The van der Waals surface area contributed by atoms with E-state index in [0.717, 1.165) is 49.1 Å². The zero-order chi connectivity index (χ0) is 12.4. The Morgan fingerprint density at radius 3 is 2.78 bits per heavy atom. The fourth-order valence-corrected chi connectivity index (χ4v) is 2.66. The highest BCUT2D eigenvalue weighted by Crippen LogP contribution is 2.25. The predicted molar refractivity (Wildman–Crippen MR) is 71.0 cm³/mol. The number of rotatable bonds is 2. The van der Waals surface area contributed by atoms with Gasteiger partial charge in [0.25, 0.3) is 0 Å². The average Bonchev–Trinajstić information content (AvgIpc) is 2.47. The summed E-state index contributed by atoms with van der Waals surface area (Å²) >= 11 is 0. The molecule has 1 aromatic heterocycles. The Hall–Kier alpha value is -1.36. The summed E-state index contributed by atoms with van der Waals surface area (Å²) in [4.78, 5) is 11.7. The maximum Gasteiger partial charge on any atom is 0.227 e. The van der Waals surface area contributed by atoms with Gasteiger partial charge in [0.15, 0.2) is 0 Å². The zero-order valence-corrected chi connectivity index (χ0v) is 10.9. The van der Waals surface area contributed by atoms with Gasteiger partial charge in [-0.3, -0.25) is 0 Å². The van der Waals surface area contributed by atoms with Gasteiger partial charge in [0.2, 0.25) is 5.95 Å². The van der Waals surface area contributed by atoms with Crippen molar-refractivity contribution >= 4 is 11.8 Å². The SMILES string of the molecule is CNc1nc(N2CCCCC2)nc2c1COCC2. The lowest BCUT2D eigenvalue weighted by atomic mass is 10.1. The Morgan fingerprint density at radius 2 is 2.00 bits per heavy atom. The van der Waals surface area contributed by atoms with Crippen LogP contribution in [0.15, 0.2) is 0 Å². The molecule has 1 fully saturated rings. The van der Waals surface area contributed by atoms with Gasteiger partial charge in [-0.25, -0.2) is 4.98 Å². The first-order valence-electron chi connectivity index (χ1n) is 6.78. The van der Waals surface area contributed by atoms with E-state index in [0.29, 0.717) is 6.61 Å². The summed E-state index contributed by atoms with van der Waals surface area (Å²) in [6.07, 6.45) is 4.72. The molecule has 3 rings (SSSR count). The molecule has 1 aromatic rings. The molecule has 1 N–H and O–H groups in total. The Kier molecular flexibility index (Phi) is 3.32. The van der Waals surface area contributed by atoms with E-state index in [1.807, 2.05) is 7.05 Å². The molecule has 0 saturated carbocycles. The van der Waals surface area contributed by atoms with Crippen molar-refractivity contribution in [1.82, 2.24) is 9.97 Å². The first-order chi connectivity index (χ1) is 8.88. The second-order valence-corrected chi connectivity index (χ2v) is 4.90. The molecule has 1 saturated heterocycles. The third-order valence-corrected chi connectivity index (χ3v) is 3.69. The molecule has 0 amide bonds. The fraction of sp³-hybridized carbons (Fsp3) is 0.692. The molecule has 5 heteroatoms. The van der Waals surface area contributed by atoms with Gasteiger partial charge in [0.05, 0.1) is 18.9 Å². The molecule has 0 spiro atoms. The molecule has 0 aromatic carbocycles. The molecule has 98 valence electrons. The number of piperidine rings is 1. The van der Waals surface area contributed by atoms with Gasteiger partial charge in [0.1, 0.15) is 5.82 Å². The predicted octanol–water partition coefficient (Wildman–Crippen LogP) is 1.58. The van der Waals surface area contributed by atoms with E-state index in [4.69, 9.17) is 9.72 Å². The summed E-state index contributed by atoms with van der Waals surface area (Å²) in [6.45, 7) is 3.56. The van der Waals surface area contributed by atoms with Crippen molar-refractivity contribution in [2.45, 2.75) is 32.3 Å². The molecule has 0 atom stereocenters. The van der Waals surface area contributed by atoms with Gasteiger partial charge in [-0.2, -0.15) is 4.98 Å². The van der Waals surface area contributed by atoms with Crippen molar-refractivity contribution in [2.75, 3.05) is 37.0 Å². The minimum atomic E-state index is 0.631. The highest BCUT2D eigenvalue weighted by molar-refractivity contribution is 5.51. The quantitative estimate of drug-likeness (QED) is 0.861. The van der Waals surface area contributed by atoms with Gasteiger partial charge >= 0.3 is 0 Å². The van der Waals surface area contributed by atoms with Crippen LogP contribution in [0.4, 0.5) is 11.8 Å². The van der Waals surface area contributed by atoms with Crippen LogP contribution in [-0.2, 0) is 17.8 Å². The molecule has 0 radical (unpaired) electrons. The summed E-state index contributed by atoms with van der Waals surface area (Å²) in [7, 11) is 1.91. The number of hydrogen-bond acceptors (Lipinski definition) is 5. The van der Waals surface area contributed by atoms with E-state index < -0.39 is 0 Å². The van der Waals surface area contributed by atoms with Crippen LogP contribution in [-0.4, -0.2) is 36.7 Å². The monoisotopic (exact) mass is 248 g/mol. The second kappa shape index (κ2) is 5.10. The standard InChI is InChI=1S/C13H20N4O/c1-14-12-10-9-18-8-5-11(10)15-13(16-12)17-6-3-2-4-7-17/h2-9H2,1H3,(H,14,15,16). The van der Waals surface area contributed by atoms with Crippen LogP contribution in [0.25, 0.3) is 0 Å². The molecule has 0 bridgehead atoms. The number of nitrogens with one attached hydrogen (secondary N) is 1. The number of ether oxygens (including phenoxy) is 1. The van der Waals surface area contributed by atoms with Crippen LogP contribution in [0.1, 0.15) is 30.5 Å². The maximum absolute atomic E-state index is 5.49. The lowest BCUT2D eigenvalue weighted by Gasteiger charge is -2.28. The van der Waals surface area contributed by atoms with Gasteiger partial charge in [-0.1, -0.05) is 0 Å². The summed E-state index contributed by atoms with van der Waals surface area (Å²) in [5, 5.41) is 3.18. The molecule has 0 unspecified atom stereocenters. The maximum atomic E-state index is 5.49. The van der Waals surface area contributed by atoms with Crippen LogP contribution in [0, 0.1) is 0 Å². The number of nitrogens with zero attached hydrogens (tertiary/aromatic N) is 3. The minimum Gasteiger partial charge on any atom is -0.376 e.